The van der Waals surface area contributed by atoms with Crippen molar-refractivity contribution in [1.82, 2.24) is 0 Å². The van der Waals surface area contributed by atoms with Crippen LogP contribution in [-0.2, 0) is 20.7 Å². The second kappa shape index (κ2) is 7.03. The molecule has 2 N–H and O–H groups in total. The standard InChI is InChI=1S/C19H26O5/c1-5-24-18(23)19(9-15(20)16(21)10-19)17(22)8-14-12(3)6-11(2)7-13(14)4/h6-7,15-16,20-21H,5,8-10H2,1-4H3. The lowest BCUT2D eigenvalue weighted by atomic mass is 9.78. The maximum Gasteiger partial charge on any atom is 0.319 e. The van der Waals surface area contributed by atoms with Crippen LogP contribution in [0.5, 0.6) is 0 Å². The molecule has 1 aromatic rings. The van der Waals surface area contributed by atoms with Crippen molar-refractivity contribution >= 4 is 11.8 Å². The van der Waals surface area contributed by atoms with Gasteiger partial charge >= 0.3 is 5.97 Å². The molecule has 0 saturated heterocycles. The van der Waals surface area contributed by atoms with E-state index in [1.165, 1.54) is 0 Å². The summed E-state index contributed by atoms with van der Waals surface area (Å²) < 4.78 is 5.08. The fraction of sp³-hybridized carbons (Fsp3) is 0.579. The minimum Gasteiger partial charge on any atom is -0.465 e. The van der Waals surface area contributed by atoms with Crippen molar-refractivity contribution in [1.29, 1.82) is 0 Å². The van der Waals surface area contributed by atoms with E-state index in [9.17, 15) is 19.8 Å². The maximum atomic E-state index is 13.0. The fourth-order valence-electron chi connectivity index (χ4n) is 3.67. The number of esters is 1. The molecule has 0 amide bonds. The van der Waals surface area contributed by atoms with Crippen LogP contribution in [0.1, 0.15) is 42.0 Å². The van der Waals surface area contributed by atoms with Crippen LogP contribution in [0.25, 0.3) is 0 Å². The Morgan fingerprint density at radius 2 is 1.62 bits per heavy atom. The molecule has 1 aromatic carbocycles. The molecule has 24 heavy (non-hydrogen) atoms. The lowest BCUT2D eigenvalue weighted by Gasteiger charge is -2.25. The minimum atomic E-state index is -1.46. The van der Waals surface area contributed by atoms with Crippen LogP contribution in [0.3, 0.4) is 0 Å². The molecule has 2 unspecified atom stereocenters. The predicted octanol–water partition coefficient (Wildman–Crippen LogP) is 1.79. The summed E-state index contributed by atoms with van der Waals surface area (Å²) in [4.78, 5) is 25.5. The summed E-state index contributed by atoms with van der Waals surface area (Å²) in [5, 5.41) is 19.8. The summed E-state index contributed by atoms with van der Waals surface area (Å²) in [5.41, 5.74) is 2.55. The zero-order chi connectivity index (χ0) is 18.1. The lowest BCUT2D eigenvalue weighted by Crippen LogP contribution is -2.40. The molecule has 0 radical (unpaired) electrons. The number of hydrogen-bond acceptors (Lipinski definition) is 5. The van der Waals surface area contributed by atoms with Gasteiger partial charge in [-0.3, -0.25) is 9.59 Å². The maximum absolute atomic E-state index is 13.0. The molecule has 1 fully saturated rings. The summed E-state index contributed by atoms with van der Waals surface area (Å²) in [6.45, 7) is 7.71. The first-order valence-corrected chi connectivity index (χ1v) is 8.34. The summed E-state index contributed by atoms with van der Waals surface area (Å²) >= 11 is 0. The molecule has 5 nitrogen and oxygen atoms in total. The number of rotatable bonds is 5. The van der Waals surface area contributed by atoms with Gasteiger partial charge in [0, 0.05) is 6.42 Å². The average molecular weight is 334 g/mol. The Kier molecular flexibility index (Phi) is 5.45. The number of ether oxygens (including phenoxy) is 1. The molecule has 2 rings (SSSR count). The van der Waals surface area contributed by atoms with Gasteiger partial charge in [-0.05, 0) is 57.2 Å². The number of Topliss-reactive ketones (excluding diaryl/α,β-unsaturated/α-hetero) is 1. The second-order valence-corrected chi connectivity index (χ2v) is 6.82. The summed E-state index contributed by atoms with van der Waals surface area (Å²) in [5.74, 6) is -0.945. The number of carbonyl (C=O) groups is 2. The Bertz CT molecular complexity index is 616. The number of aliphatic hydroxyl groups excluding tert-OH is 2. The first-order valence-electron chi connectivity index (χ1n) is 8.34. The molecule has 1 saturated carbocycles. The number of aliphatic hydroxyl groups is 2. The van der Waals surface area contributed by atoms with Gasteiger partial charge in [-0.1, -0.05) is 17.7 Å². The van der Waals surface area contributed by atoms with Crippen LogP contribution in [0.15, 0.2) is 12.1 Å². The van der Waals surface area contributed by atoms with Gasteiger partial charge in [0.15, 0.2) is 5.78 Å². The molecular formula is C19H26O5. The predicted molar refractivity (Wildman–Crippen MR) is 89.7 cm³/mol. The van der Waals surface area contributed by atoms with Crippen LogP contribution in [-0.4, -0.2) is 40.8 Å². The molecule has 1 aliphatic carbocycles. The van der Waals surface area contributed by atoms with Crippen LogP contribution < -0.4 is 0 Å². The van der Waals surface area contributed by atoms with E-state index in [4.69, 9.17) is 4.74 Å². The molecule has 0 spiro atoms. The fourth-order valence-corrected chi connectivity index (χ4v) is 3.67. The summed E-state index contributed by atoms with van der Waals surface area (Å²) in [6, 6.07) is 4.01. The van der Waals surface area contributed by atoms with Crippen molar-refractivity contribution in [2.75, 3.05) is 6.61 Å². The zero-order valence-corrected chi connectivity index (χ0v) is 14.8. The number of aryl methyl sites for hydroxylation is 3. The van der Waals surface area contributed by atoms with Crippen LogP contribution in [0.4, 0.5) is 0 Å². The van der Waals surface area contributed by atoms with Gasteiger partial charge in [-0.25, -0.2) is 0 Å². The van der Waals surface area contributed by atoms with Crippen LogP contribution in [0, 0.1) is 26.2 Å². The van der Waals surface area contributed by atoms with Gasteiger partial charge < -0.3 is 14.9 Å². The Labute approximate surface area is 142 Å². The Hall–Kier alpha value is -1.72. The highest BCUT2D eigenvalue weighted by Crippen LogP contribution is 2.41. The molecule has 2 atom stereocenters. The van der Waals surface area contributed by atoms with Crippen LogP contribution in [0.2, 0.25) is 0 Å². The lowest BCUT2D eigenvalue weighted by molar-refractivity contribution is -0.160. The van der Waals surface area contributed by atoms with Crippen molar-refractivity contribution in [3.05, 3.63) is 34.4 Å². The normalized spacial score (nSPS) is 26.4. The van der Waals surface area contributed by atoms with E-state index in [2.05, 4.69) is 0 Å². The molecule has 1 aliphatic rings. The van der Waals surface area contributed by atoms with Gasteiger partial charge in [-0.2, -0.15) is 0 Å². The van der Waals surface area contributed by atoms with Gasteiger partial charge in [0.1, 0.15) is 5.41 Å². The minimum absolute atomic E-state index is 0.0875. The quantitative estimate of drug-likeness (QED) is 0.633. The third-order valence-electron chi connectivity index (χ3n) is 4.94. The highest BCUT2D eigenvalue weighted by atomic mass is 16.5. The van der Waals surface area contributed by atoms with E-state index in [-0.39, 0.29) is 31.7 Å². The van der Waals surface area contributed by atoms with E-state index in [0.717, 1.165) is 22.3 Å². The highest BCUT2D eigenvalue weighted by Gasteiger charge is 2.55. The average Bonchev–Trinajstić information content (AvgIpc) is 2.80. The largest absolute Gasteiger partial charge is 0.465 e. The Balaban J connectivity index is 2.35. The molecule has 0 bridgehead atoms. The topological polar surface area (TPSA) is 83.8 Å². The third kappa shape index (κ3) is 3.37. The first-order chi connectivity index (χ1) is 11.2. The van der Waals surface area contributed by atoms with Crippen molar-refractivity contribution < 1.29 is 24.5 Å². The van der Waals surface area contributed by atoms with E-state index >= 15 is 0 Å². The first kappa shape index (κ1) is 18.6. The number of ketones is 1. The molecule has 0 heterocycles. The highest BCUT2D eigenvalue weighted by molar-refractivity contribution is 6.05. The summed E-state index contributed by atoms with van der Waals surface area (Å²) in [6.07, 6.45) is -2.25. The Morgan fingerprint density at radius 1 is 1.12 bits per heavy atom. The number of hydrogen-bond donors (Lipinski definition) is 2. The monoisotopic (exact) mass is 334 g/mol. The summed E-state index contributed by atoms with van der Waals surface area (Å²) in [7, 11) is 0. The van der Waals surface area contributed by atoms with E-state index in [0.29, 0.717) is 0 Å². The van der Waals surface area contributed by atoms with E-state index in [1.807, 2.05) is 32.9 Å². The Morgan fingerprint density at radius 3 is 2.08 bits per heavy atom. The van der Waals surface area contributed by atoms with Crippen LogP contribution >= 0.6 is 0 Å². The molecule has 0 aromatic heterocycles. The zero-order valence-electron chi connectivity index (χ0n) is 14.8. The molecular weight excluding hydrogens is 308 g/mol. The third-order valence-corrected chi connectivity index (χ3v) is 4.94. The van der Waals surface area contributed by atoms with E-state index in [1.54, 1.807) is 6.92 Å². The van der Waals surface area contributed by atoms with Crippen molar-refractivity contribution in [3.8, 4) is 0 Å². The van der Waals surface area contributed by atoms with E-state index < -0.39 is 23.6 Å². The second-order valence-electron chi connectivity index (χ2n) is 6.82. The molecule has 5 heteroatoms. The van der Waals surface area contributed by atoms with Gasteiger partial charge in [0.05, 0.1) is 18.8 Å². The van der Waals surface area contributed by atoms with Crippen molar-refractivity contribution in [2.24, 2.45) is 5.41 Å². The number of carbonyl (C=O) groups excluding carboxylic acids is 2. The van der Waals surface area contributed by atoms with Crippen molar-refractivity contribution in [3.63, 3.8) is 0 Å². The smallest absolute Gasteiger partial charge is 0.319 e. The molecule has 0 aliphatic heterocycles. The molecule has 132 valence electrons. The number of benzene rings is 1. The van der Waals surface area contributed by atoms with Gasteiger partial charge in [0.2, 0.25) is 0 Å². The van der Waals surface area contributed by atoms with Gasteiger partial charge in [0.25, 0.3) is 0 Å². The van der Waals surface area contributed by atoms with Gasteiger partial charge in [-0.15, -0.1) is 0 Å². The SMILES string of the molecule is CCOC(=O)C1(C(=O)Cc2c(C)cc(C)cc2C)CC(O)C(O)C1. The van der Waals surface area contributed by atoms with Crippen molar-refractivity contribution in [2.45, 2.75) is 59.2 Å².